The van der Waals surface area contributed by atoms with Gasteiger partial charge in [-0.3, -0.25) is 57.7 Å². The Balaban J connectivity index is 0.000000380. The van der Waals surface area contributed by atoms with Crippen LogP contribution in [0.3, 0.4) is 0 Å². The Hall–Kier alpha value is -6.22. The highest BCUT2D eigenvalue weighted by Gasteiger charge is 2.44. The quantitative estimate of drug-likeness (QED) is 0.0604. The number of nitrogens with one attached hydrogen (secondary N) is 4. The zero-order valence-corrected chi connectivity index (χ0v) is 42.7. The van der Waals surface area contributed by atoms with E-state index in [-0.39, 0.29) is 129 Å². The first-order chi connectivity index (χ1) is 34.3. The van der Waals surface area contributed by atoms with Crippen LogP contribution in [0.25, 0.3) is 0 Å². The summed E-state index contributed by atoms with van der Waals surface area (Å²) < 4.78 is 21.7. The predicted octanol–water partition coefficient (Wildman–Crippen LogP) is 3.58. The first-order valence-corrected chi connectivity index (χ1v) is 24.6. The van der Waals surface area contributed by atoms with Crippen molar-refractivity contribution in [3.8, 4) is 0 Å². The summed E-state index contributed by atoms with van der Waals surface area (Å²) in [6, 6.07) is 14.6. The van der Waals surface area contributed by atoms with Gasteiger partial charge in [0.25, 0.3) is 0 Å². The number of carbonyl (C=O) groups excluding carboxylic acids is 10. The highest BCUT2D eigenvalue weighted by Crippen LogP contribution is 2.31. The summed E-state index contributed by atoms with van der Waals surface area (Å²) in [6.07, 6.45) is 3.07. The number of carbonyl (C=O) groups is 10. The molecule has 72 heavy (non-hydrogen) atoms. The summed E-state index contributed by atoms with van der Waals surface area (Å²) in [7, 11) is 0. The molecule has 2 aromatic carbocycles. The summed E-state index contributed by atoms with van der Waals surface area (Å²) in [5.74, 6) is -1.68. The van der Waals surface area contributed by atoms with Crippen LogP contribution in [0.5, 0.6) is 0 Å². The zero-order chi connectivity index (χ0) is 53.1. The number of amides is 8. The van der Waals surface area contributed by atoms with Gasteiger partial charge in [-0.25, -0.2) is 0 Å². The summed E-state index contributed by atoms with van der Waals surface area (Å²) >= 11 is 0. The van der Waals surface area contributed by atoms with Crippen LogP contribution in [0, 0.1) is 17.3 Å². The van der Waals surface area contributed by atoms with Crippen LogP contribution in [-0.2, 0) is 79.7 Å². The molecule has 4 rings (SSSR count). The molecular weight excluding hydrogens is 933 g/mol. The van der Waals surface area contributed by atoms with Gasteiger partial charge in [0.2, 0.25) is 47.3 Å². The number of aryl methyl sites for hydroxylation is 2. The van der Waals surface area contributed by atoms with Gasteiger partial charge in [0.05, 0.1) is 84.2 Å². The summed E-state index contributed by atoms with van der Waals surface area (Å²) in [5, 5.41) is 11.0. The van der Waals surface area contributed by atoms with E-state index in [1.54, 1.807) is 52.0 Å². The van der Waals surface area contributed by atoms with Gasteiger partial charge < -0.3 is 40.2 Å². The van der Waals surface area contributed by atoms with Crippen molar-refractivity contribution in [3.63, 3.8) is 0 Å². The second kappa shape index (κ2) is 32.0. The highest BCUT2D eigenvalue weighted by atomic mass is 16.5. The van der Waals surface area contributed by atoms with Crippen LogP contribution in [0.2, 0.25) is 0 Å². The average molecular weight is 1010 g/mol. The van der Waals surface area contributed by atoms with E-state index >= 15 is 0 Å². The molecule has 2 aromatic rings. The van der Waals surface area contributed by atoms with Crippen molar-refractivity contribution in [2.45, 2.75) is 99.3 Å². The van der Waals surface area contributed by atoms with Crippen LogP contribution in [0.4, 0.5) is 11.4 Å². The number of ketones is 2. The lowest BCUT2D eigenvalue weighted by Gasteiger charge is -2.17. The summed E-state index contributed by atoms with van der Waals surface area (Å²) in [6.45, 7) is 13.4. The Labute approximate surface area is 422 Å². The Morgan fingerprint density at radius 3 is 1.25 bits per heavy atom. The minimum absolute atomic E-state index is 0.0421. The maximum absolute atomic E-state index is 12.1. The number of nitrogens with zero attached hydrogens (tertiary/aromatic N) is 2. The number of likely N-dealkylation sites (tertiary alicyclic amines) is 2. The summed E-state index contributed by atoms with van der Waals surface area (Å²) in [4.78, 5) is 120. The topological polar surface area (TPSA) is 262 Å². The molecule has 0 bridgehead atoms. The van der Waals surface area contributed by atoms with Crippen LogP contribution in [0.15, 0.2) is 48.5 Å². The molecule has 8 amide bonds. The summed E-state index contributed by atoms with van der Waals surface area (Å²) in [5.41, 5.74) is 2.62. The van der Waals surface area contributed by atoms with E-state index in [0.717, 1.165) is 11.1 Å². The molecule has 2 saturated heterocycles. The Bertz CT molecular complexity index is 2020. The lowest BCUT2D eigenvalue weighted by molar-refractivity contribution is -0.142. The van der Waals surface area contributed by atoms with Crippen molar-refractivity contribution in [3.05, 3.63) is 59.7 Å². The number of ether oxygens (including phenoxy) is 4. The molecule has 2 fully saturated rings. The van der Waals surface area contributed by atoms with Gasteiger partial charge in [0.15, 0.2) is 0 Å². The number of benzene rings is 2. The van der Waals surface area contributed by atoms with E-state index in [0.29, 0.717) is 89.4 Å². The minimum atomic E-state index is -0.640. The molecule has 0 aliphatic carbocycles. The average Bonchev–Trinajstić information content (AvgIpc) is 3.64. The van der Waals surface area contributed by atoms with E-state index in [1.165, 1.54) is 23.6 Å². The molecule has 2 aliphatic heterocycles. The number of rotatable bonds is 32. The molecule has 2 aliphatic rings. The molecule has 20 heteroatoms. The maximum Gasteiger partial charge on any atom is 0.235 e. The molecule has 2 heterocycles. The van der Waals surface area contributed by atoms with E-state index < -0.39 is 5.41 Å². The number of anilines is 2. The van der Waals surface area contributed by atoms with E-state index in [2.05, 4.69) is 21.3 Å². The fraction of sp³-hybridized carbons (Fsp3) is 0.577. The van der Waals surface area contributed by atoms with Crippen LogP contribution >= 0.6 is 0 Å². The van der Waals surface area contributed by atoms with Crippen molar-refractivity contribution in [2.75, 3.05) is 89.7 Å². The smallest absolute Gasteiger partial charge is 0.235 e. The Morgan fingerprint density at radius 2 is 0.889 bits per heavy atom. The van der Waals surface area contributed by atoms with Crippen LogP contribution in [-0.4, -0.2) is 148 Å². The largest absolute Gasteiger partial charge is 0.379 e. The Kier molecular flexibility index (Phi) is 26.7. The van der Waals surface area contributed by atoms with Gasteiger partial charge in [0.1, 0.15) is 11.6 Å². The van der Waals surface area contributed by atoms with Gasteiger partial charge in [0, 0.05) is 68.4 Å². The minimum Gasteiger partial charge on any atom is -0.379 e. The number of hydrogen-bond acceptors (Lipinski definition) is 14. The maximum atomic E-state index is 12.1. The van der Waals surface area contributed by atoms with Gasteiger partial charge >= 0.3 is 0 Å². The lowest BCUT2D eigenvalue weighted by Crippen LogP contribution is -2.35. The highest BCUT2D eigenvalue weighted by molar-refractivity contribution is 6.05. The number of hydrogen-bond donors (Lipinski definition) is 4. The molecule has 0 saturated carbocycles. The molecular formula is C52H74N6O14. The van der Waals surface area contributed by atoms with E-state index in [9.17, 15) is 47.9 Å². The van der Waals surface area contributed by atoms with Crippen molar-refractivity contribution in [1.29, 1.82) is 0 Å². The van der Waals surface area contributed by atoms with Gasteiger partial charge in [-0.2, -0.15) is 0 Å². The molecule has 0 radical (unpaired) electrons. The van der Waals surface area contributed by atoms with Crippen LogP contribution in [0.1, 0.15) is 97.6 Å². The third-order valence-electron chi connectivity index (χ3n) is 11.7. The predicted molar refractivity (Wildman–Crippen MR) is 266 cm³/mol. The van der Waals surface area contributed by atoms with Crippen molar-refractivity contribution in [1.82, 2.24) is 20.4 Å². The lowest BCUT2D eigenvalue weighted by atomic mass is 9.92. The molecule has 4 N–H and O–H groups in total. The normalized spacial score (nSPS) is 16.0. The van der Waals surface area contributed by atoms with Crippen LogP contribution < -0.4 is 21.3 Å². The molecule has 2 unspecified atom stereocenters. The van der Waals surface area contributed by atoms with Gasteiger partial charge in [-0.1, -0.05) is 52.0 Å². The fourth-order valence-electron chi connectivity index (χ4n) is 7.19. The zero-order valence-electron chi connectivity index (χ0n) is 42.7. The van der Waals surface area contributed by atoms with E-state index in [4.69, 9.17) is 18.9 Å². The fourth-order valence-corrected chi connectivity index (χ4v) is 7.19. The van der Waals surface area contributed by atoms with Gasteiger partial charge in [-0.05, 0) is 62.1 Å². The second-order valence-corrected chi connectivity index (χ2v) is 18.4. The third kappa shape index (κ3) is 22.9. The number of imide groups is 2. The second-order valence-electron chi connectivity index (χ2n) is 18.4. The molecule has 0 spiro atoms. The molecule has 396 valence electrons. The van der Waals surface area contributed by atoms with Crippen molar-refractivity contribution in [2.24, 2.45) is 17.3 Å². The molecule has 0 aromatic heterocycles. The van der Waals surface area contributed by atoms with E-state index in [1.807, 2.05) is 24.3 Å². The molecule has 2 atom stereocenters. The Morgan fingerprint density at radius 1 is 0.514 bits per heavy atom. The molecule has 20 nitrogen and oxygen atoms in total. The first-order valence-electron chi connectivity index (χ1n) is 24.6. The monoisotopic (exact) mass is 1010 g/mol. The number of Topliss-reactive ketones (excluding diaryl/α,β-unsaturated/α-hetero) is 2. The first kappa shape index (κ1) is 60.1. The SMILES string of the molecule is CC(=O)CCNC(=O)CCc1ccc(NC(=O)CCOCCOCCN2C(=O)C(C)C(C)C2=O)cc1.CC(=O)CCNC(=O)CCc1ccc(NC(=O)CCOCCOCCN2C(=O)CC(C)(C)C2=O)cc1. The third-order valence-corrected chi connectivity index (χ3v) is 11.7. The van der Waals surface area contributed by atoms with Crippen molar-refractivity contribution < 1.29 is 66.9 Å². The van der Waals surface area contributed by atoms with Crippen molar-refractivity contribution >= 4 is 70.2 Å². The standard InChI is InChI=1S/2C26H37N3O7/c1-19(30)10-12-27-22(31)9-6-20-4-7-21(8-5-20)28-23(32)11-14-35-16-17-36-15-13-29-24(33)18-26(2,3)25(29)34;1-18(30)10-12-27-23(31)9-6-21-4-7-22(8-5-21)28-24(32)11-14-35-16-17-36-15-13-29-25(33)19(2)20(3)26(29)34/h4-5,7-8H,6,9-18H2,1-3H3,(H,27,31)(H,28,32);4-5,7-8,19-20H,6,9-17H2,1-3H3,(H,27,31)(H,28,32). The van der Waals surface area contributed by atoms with Gasteiger partial charge in [-0.15, -0.1) is 0 Å².